The first kappa shape index (κ1) is 39.5. The molecule has 6 fully saturated rings. The molecule has 3 amide bonds. The van der Waals surface area contributed by atoms with Crippen molar-refractivity contribution in [1.29, 1.82) is 0 Å². The Labute approximate surface area is 356 Å². The molecule has 5 aromatic rings. The number of halogens is 2. The molecule has 1 aromatic carbocycles. The number of nitrogens with zero attached hydrogens (tertiary/aromatic N) is 10. The number of rotatable bonds is 10. The zero-order chi connectivity index (χ0) is 42.2. The second-order valence-corrected chi connectivity index (χ2v) is 18.4. The first-order valence-corrected chi connectivity index (χ1v) is 22.3. The van der Waals surface area contributed by atoms with E-state index in [0.717, 1.165) is 93.8 Å². The highest BCUT2D eigenvalue weighted by atomic mass is 19.3. The number of anilines is 2. The van der Waals surface area contributed by atoms with Crippen molar-refractivity contribution in [2.45, 2.75) is 101 Å². The van der Waals surface area contributed by atoms with Crippen LogP contribution < -0.4 is 15.5 Å². The number of hydrogen-bond donors (Lipinski definition) is 2. The Bertz CT molecular complexity index is 2530. The van der Waals surface area contributed by atoms with Crippen molar-refractivity contribution < 1.29 is 27.9 Å². The van der Waals surface area contributed by atoms with Gasteiger partial charge in [-0.05, 0) is 87.9 Å². The summed E-state index contributed by atoms with van der Waals surface area (Å²) in [4.78, 5) is 50.1. The summed E-state index contributed by atoms with van der Waals surface area (Å²) in [5.41, 5.74) is 3.17. The monoisotopic (exact) mass is 850 g/mol. The molecule has 0 spiro atoms. The summed E-state index contributed by atoms with van der Waals surface area (Å²) in [6.45, 7) is 6.44. The molecule has 6 aliphatic rings. The molecule has 326 valence electrons. The lowest BCUT2D eigenvalue weighted by molar-refractivity contribution is -0.134. The van der Waals surface area contributed by atoms with Crippen LogP contribution in [0.5, 0.6) is 0 Å². The number of hydrogen-bond acceptors (Lipinski definition) is 11. The number of imide groups is 1. The Hall–Kier alpha value is -5.33. The molecular weight excluding hydrogens is 799 g/mol. The van der Waals surface area contributed by atoms with Crippen molar-refractivity contribution in [2.75, 3.05) is 49.5 Å². The molecule has 5 saturated heterocycles. The maximum Gasteiger partial charge on any atom is 0.284 e. The third-order valence-corrected chi connectivity index (χ3v) is 14.8. The Morgan fingerprint density at radius 3 is 2.52 bits per heavy atom. The highest BCUT2D eigenvalue weighted by molar-refractivity contribution is 6.08. The van der Waals surface area contributed by atoms with Crippen LogP contribution in [0.2, 0.25) is 0 Å². The van der Waals surface area contributed by atoms with E-state index in [1.54, 1.807) is 17.1 Å². The summed E-state index contributed by atoms with van der Waals surface area (Å²) in [6, 6.07) is 8.89. The van der Waals surface area contributed by atoms with Gasteiger partial charge in [-0.15, -0.1) is 0 Å². The Balaban J connectivity index is 0.667. The standard InChI is InChI=1S/C44H52F2N12O4/c1-53-40-27(3-2-4-32(40)38(51-53)33-9-10-37(59)50-43(33)60)19-54-20-30(21-54)55-14-11-26(12-15-55)25-5-7-28(8-6-25)58-23-35(39(52-58)41(45)46)48-44(61)34-18-47-57-16-13-36(49-42(34)57)56-22-31-17-29(56)24-62-31/h2-4,13,16,18,23,25-26,28-31,33,41H,5-12,14-15,17,19-22,24H2,1H3,(H,48,61)(H,50,59,60)/t25?,28?,29-,31-,33?/m1/s1. The topological polar surface area (TPSA) is 160 Å². The Kier molecular flexibility index (Phi) is 10.1. The molecule has 62 heavy (non-hydrogen) atoms. The Morgan fingerprint density at radius 1 is 0.968 bits per heavy atom. The average Bonchev–Trinajstić information content (AvgIpc) is 4.12. The second-order valence-electron chi connectivity index (χ2n) is 18.4. The number of benzene rings is 1. The van der Waals surface area contributed by atoms with Gasteiger partial charge >= 0.3 is 0 Å². The molecular formula is C44H52F2N12O4. The van der Waals surface area contributed by atoms with Crippen LogP contribution in [0.15, 0.2) is 42.9 Å². The fraction of sp³-hybridized carbons (Fsp3) is 0.568. The van der Waals surface area contributed by atoms with Crippen LogP contribution in [0.1, 0.15) is 103 Å². The molecule has 4 aromatic heterocycles. The largest absolute Gasteiger partial charge is 0.374 e. The van der Waals surface area contributed by atoms with Crippen molar-refractivity contribution in [3.05, 3.63) is 65.4 Å². The minimum atomic E-state index is -2.84. The molecule has 3 atom stereocenters. The highest BCUT2D eigenvalue weighted by Gasteiger charge is 2.41. The van der Waals surface area contributed by atoms with Crippen molar-refractivity contribution in [3.8, 4) is 0 Å². The number of ether oxygens (including phenoxy) is 1. The quantitative estimate of drug-likeness (QED) is 0.186. The maximum absolute atomic E-state index is 14.3. The lowest BCUT2D eigenvalue weighted by atomic mass is 9.74. The molecule has 18 heteroatoms. The van der Waals surface area contributed by atoms with Gasteiger partial charge in [0.05, 0.1) is 53.8 Å². The summed E-state index contributed by atoms with van der Waals surface area (Å²) in [6.07, 6.45) is 10.0. The SMILES string of the molecule is Cn1nc(C2CCC(=O)NC2=O)c2cccc(CN3CC(N4CCC(C5CCC(n6cc(NC(=O)c7cnn8ccc(N9C[C@H]%10C[C@@H]9CO%10)nc78)c(C(F)F)n6)CC5)CC4)C3)c21. The van der Waals surface area contributed by atoms with Gasteiger partial charge in [-0.25, -0.2) is 18.3 Å². The van der Waals surface area contributed by atoms with E-state index in [0.29, 0.717) is 43.0 Å². The van der Waals surface area contributed by atoms with Gasteiger partial charge in [0.25, 0.3) is 12.3 Å². The van der Waals surface area contributed by atoms with Gasteiger partial charge < -0.3 is 15.0 Å². The molecule has 1 saturated carbocycles. The minimum absolute atomic E-state index is 0.00218. The number of nitrogens with one attached hydrogen (secondary N) is 2. The zero-order valence-corrected chi connectivity index (χ0v) is 34.8. The van der Waals surface area contributed by atoms with E-state index in [1.807, 2.05) is 29.9 Å². The third-order valence-electron chi connectivity index (χ3n) is 14.8. The fourth-order valence-corrected chi connectivity index (χ4v) is 11.4. The first-order chi connectivity index (χ1) is 30.1. The summed E-state index contributed by atoms with van der Waals surface area (Å²) < 4.78 is 39.5. The van der Waals surface area contributed by atoms with Gasteiger partial charge in [-0.1, -0.05) is 18.2 Å². The predicted molar refractivity (Wildman–Crippen MR) is 224 cm³/mol. The van der Waals surface area contributed by atoms with Gasteiger partial charge in [-0.3, -0.25) is 38.9 Å². The minimum Gasteiger partial charge on any atom is -0.374 e. The van der Waals surface area contributed by atoms with Crippen molar-refractivity contribution in [2.24, 2.45) is 18.9 Å². The van der Waals surface area contributed by atoms with Crippen LogP contribution in [0.4, 0.5) is 20.3 Å². The van der Waals surface area contributed by atoms with E-state index < -0.39 is 23.9 Å². The third kappa shape index (κ3) is 7.12. The smallest absolute Gasteiger partial charge is 0.284 e. The van der Waals surface area contributed by atoms with Crippen LogP contribution in [-0.2, 0) is 27.9 Å². The van der Waals surface area contributed by atoms with Crippen LogP contribution in [-0.4, -0.2) is 119 Å². The van der Waals surface area contributed by atoms with Gasteiger partial charge in [-0.2, -0.15) is 15.3 Å². The number of aromatic nitrogens is 7. The van der Waals surface area contributed by atoms with Gasteiger partial charge in [0.15, 0.2) is 11.3 Å². The van der Waals surface area contributed by atoms with Crippen LogP contribution >= 0.6 is 0 Å². The number of carbonyl (C=O) groups is 3. The summed E-state index contributed by atoms with van der Waals surface area (Å²) in [5.74, 6) is 0.555. The number of likely N-dealkylation sites (tertiary alicyclic amines) is 2. The van der Waals surface area contributed by atoms with Gasteiger partial charge in [0.1, 0.15) is 11.4 Å². The fourth-order valence-electron chi connectivity index (χ4n) is 11.4. The number of para-hydroxylation sites is 1. The molecule has 1 unspecified atom stereocenters. The van der Waals surface area contributed by atoms with E-state index >= 15 is 0 Å². The lowest BCUT2D eigenvalue weighted by Crippen LogP contribution is -2.60. The summed E-state index contributed by atoms with van der Waals surface area (Å²) >= 11 is 0. The van der Waals surface area contributed by atoms with Gasteiger partial charge in [0, 0.05) is 63.5 Å². The number of piperidine rings is 2. The average molecular weight is 851 g/mol. The number of aryl methyl sites for hydroxylation is 1. The van der Waals surface area contributed by atoms with Crippen LogP contribution in [0.3, 0.4) is 0 Å². The normalized spacial score (nSPS) is 26.6. The predicted octanol–water partition coefficient (Wildman–Crippen LogP) is 4.83. The van der Waals surface area contributed by atoms with E-state index in [4.69, 9.17) is 14.8 Å². The summed E-state index contributed by atoms with van der Waals surface area (Å²) in [5, 5.41) is 19.6. The number of alkyl halides is 2. The van der Waals surface area contributed by atoms with Crippen molar-refractivity contribution in [1.82, 2.24) is 49.3 Å². The highest BCUT2D eigenvalue weighted by Crippen LogP contribution is 2.42. The zero-order valence-electron chi connectivity index (χ0n) is 34.8. The molecule has 16 nitrogen and oxygen atoms in total. The van der Waals surface area contributed by atoms with Crippen molar-refractivity contribution >= 4 is 45.8 Å². The maximum atomic E-state index is 14.3. The van der Waals surface area contributed by atoms with Crippen LogP contribution in [0.25, 0.3) is 16.6 Å². The van der Waals surface area contributed by atoms with E-state index in [2.05, 4.69) is 41.6 Å². The number of carbonyl (C=O) groups excluding carboxylic acids is 3. The van der Waals surface area contributed by atoms with E-state index in [1.165, 1.54) is 29.1 Å². The van der Waals surface area contributed by atoms with Crippen molar-refractivity contribution in [3.63, 3.8) is 0 Å². The Morgan fingerprint density at radius 2 is 1.77 bits per heavy atom. The van der Waals surface area contributed by atoms with E-state index in [9.17, 15) is 23.2 Å². The van der Waals surface area contributed by atoms with E-state index in [-0.39, 0.29) is 41.3 Å². The molecule has 9 heterocycles. The lowest BCUT2D eigenvalue weighted by Gasteiger charge is -2.49. The number of fused-ring (bicyclic) bond motifs is 4. The molecule has 11 rings (SSSR count). The number of amides is 3. The molecule has 1 aliphatic carbocycles. The summed E-state index contributed by atoms with van der Waals surface area (Å²) in [7, 11) is 1.93. The molecule has 5 aliphatic heterocycles. The molecule has 2 bridgehead atoms. The first-order valence-electron chi connectivity index (χ1n) is 22.3. The van der Waals surface area contributed by atoms with Crippen LogP contribution in [0, 0.1) is 11.8 Å². The molecule has 0 radical (unpaired) electrons. The number of morpholine rings is 1. The second kappa shape index (κ2) is 15.8. The molecule has 2 N–H and O–H groups in total. The van der Waals surface area contributed by atoms with Gasteiger partial charge in [0.2, 0.25) is 11.8 Å².